The molecule has 1 N–H and O–H groups in total. The van der Waals surface area contributed by atoms with E-state index >= 15 is 0 Å². The Bertz CT molecular complexity index is 1670. The predicted molar refractivity (Wildman–Crippen MR) is 156 cm³/mol. The second-order valence-corrected chi connectivity index (χ2v) is 12.9. The van der Waals surface area contributed by atoms with Gasteiger partial charge in [0.2, 0.25) is 0 Å². The minimum Gasteiger partial charge on any atom is -0.377 e. The van der Waals surface area contributed by atoms with Crippen LogP contribution in [0.15, 0.2) is 12.1 Å². The van der Waals surface area contributed by atoms with E-state index in [0.29, 0.717) is 12.0 Å². The summed E-state index contributed by atoms with van der Waals surface area (Å²) in [6.45, 7) is 10.8. The summed E-state index contributed by atoms with van der Waals surface area (Å²) in [5.74, 6) is 3.36. The van der Waals surface area contributed by atoms with Crippen LogP contribution >= 0.6 is 11.6 Å². The number of nitrogens with one attached hydrogen (secondary N) is 1. The molecule has 9 nitrogen and oxygen atoms in total. The summed E-state index contributed by atoms with van der Waals surface area (Å²) in [7, 11) is 2.02. The van der Waals surface area contributed by atoms with Gasteiger partial charge in [0.1, 0.15) is 16.7 Å². The van der Waals surface area contributed by atoms with Gasteiger partial charge in [0.15, 0.2) is 5.82 Å². The Morgan fingerprint density at radius 1 is 1.10 bits per heavy atom. The van der Waals surface area contributed by atoms with Crippen LogP contribution in [0.1, 0.15) is 60.3 Å². The number of benzene rings is 1. The number of halogens is 1. The van der Waals surface area contributed by atoms with E-state index in [2.05, 4.69) is 52.9 Å². The summed E-state index contributed by atoms with van der Waals surface area (Å²) in [6.07, 6.45) is 4.55. The highest BCUT2D eigenvalue weighted by Gasteiger charge is 2.49. The predicted octanol–water partition coefficient (Wildman–Crippen LogP) is 5.08. The van der Waals surface area contributed by atoms with Crippen molar-refractivity contribution in [1.29, 1.82) is 0 Å². The number of rotatable bonds is 4. The van der Waals surface area contributed by atoms with E-state index in [9.17, 15) is 0 Å². The first-order valence-corrected chi connectivity index (χ1v) is 14.9. The highest BCUT2D eigenvalue weighted by Crippen LogP contribution is 2.47. The molecule has 4 aliphatic rings. The van der Waals surface area contributed by atoms with Gasteiger partial charge >= 0.3 is 0 Å². The molecule has 3 aromatic heterocycles. The average Bonchev–Trinajstić information content (AvgIpc) is 3.65. The molecule has 3 fully saturated rings. The molecule has 0 amide bonds. The fourth-order valence-electron chi connectivity index (χ4n) is 7.11. The monoisotopic (exact) mass is 558 g/mol. The van der Waals surface area contributed by atoms with Crippen LogP contribution in [0.4, 0.5) is 11.6 Å². The molecule has 8 rings (SSSR count). The summed E-state index contributed by atoms with van der Waals surface area (Å²) in [5, 5.41) is 14.4. The summed E-state index contributed by atoms with van der Waals surface area (Å²) >= 11 is 6.97. The third kappa shape index (κ3) is 3.63. The van der Waals surface area contributed by atoms with Crippen molar-refractivity contribution < 1.29 is 4.74 Å². The van der Waals surface area contributed by atoms with Crippen molar-refractivity contribution in [2.45, 2.75) is 65.0 Å². The standard InChI is InChI=1S/C30H35ClN8O/c1-16-5-8-21-24(17(2)34-35-21)23(16)27-32-20-9-11-38(29-25(31)26(18-6-7-18)36-37(29)4)13-19(20)28(33-27)39-12-10-22-30(3,14-39)15-40-22/h5,8,18,22H,6-7,9-15H2,1-4H3,(H,34,35)/t22-,30-/m0/s1. The Morgan fingerprint density at radius 3 is 2.70 bits per heavy atom. The maximum atomic E-state index is 6.97. The molecule has 208 valence electrons. The van der Waals surface area contributed by atoms with Gasteiger partial charge in [-0.05, 0) is 44.7 Å². The molecular formula is C30H35ClN8O. The van der Waals surface area contributed by atoms with Crippen LogP contribution in [-0.2, 0) is 24.8 Å². The van der Waals surface area contributed by atoms with Crippen LogP contribution in [0.2, 0.25) is 5.02 Å². The van der Waals surface area contributed by atoms with Crippen molar-refractivity contribution in [3.8, 4) is 11.4 Å². The van der Waals surface area contributed by atoms with Crippen molar-refractivity contribution in [3.63, 3.8) is 0 Å². The maximum absolute atomic E-state index is 6.97. The number of anilines is 2. The van der Waals surface area contributed by atoms with Crippen LogP contribution < -0.4 is 9.80 Å². The van der Waals surface area contributed by atoms with Crippen LogP contribution in [0.5, 0.6) is 0 Å². The first-order chi connectivity index (χ1) is 19.3. The van der Waals surface area contributed by atoms with E-state index < -0.39 is 0 Å². The molecular weight excluding hydrogens is 524 g/mol. The Balaban J connectivity index is 1.26. The molecule has 4 aromatic rings. The van der Waals surface area contributed by atoms with Gasteiger partial charge in [-0.25, -0.2) is 9.97 Å². The number of hydrogen-bond donors (Lipinski definition) is 1. The number of ether oxygens (including phenoxy) is 1. The number of aryl methyl sites for hydroxylation is 3. The van der Waals surface area contributed by atoms with E-state index in [-0.39, 0.29) is 5.41 Å². The largest absolute Gasteiger partial charge is 0.377 e. The number of aromatic amines is 1. The zero-order chi connectivity index (χ0) is 27.3. The number of fused-ring (bicyclic) bond motifs is 3. The quantitative estimate of drug-likeness (QED) is 0.374. The molecule has 40 heavy (non-hydrogen) atoms. The van der Waals surface area contributed by atoms with E-state index in [1.54, 1.807) is 0 Å². The molecule has 6 heterocycles. The van der Waals surface area contributed by atoms with Gasteiger partial charge in [0.05, 0.1) is 29.6 Å². The zero-order valence-corrected chi connectivity index (χ0v) is 24.3. The number of piperidine rings is 1. The van der Waals surface area contributed by atoms with Crippen LogP contribution in [0.25, 0.3) is 22.3 Å². The molecule has 1 aliphatic carbocycles. The smallest absolute Gasteiger partial charge is 0.162 e. The zero-order valence-electron chi connectivity index (χ0n) is 23.6. The maximum Gasteiger partial charge on any atom is 0.162 e. The van der Waals surface area contributed by atoms with E-state index in [4.69, 9.17) is 31.4 Å². The topological polar surface area (TPSA) is 88.0 Å². The van der Waals surface area contributed by atoms with Gasteiger partial charge in [-0.2, -0.15) is 10.2 Å². The SMILES string of the molecule is Cc1ccc2n[nH]c(C)c2c1-c1nc2c(c(N3CC[C@@H]4OC[C@]4(C)C3)n1)CN(c1c(Cl)c(C3CC3)nn1C)CC2. The van der Waals surface area contributed by atoms with Crippen molar-refractivity contribution in [2.75, 3.05) is 36.0 Å². The lowest BCUT2D eigenvalue weighted by Gasteiger charge is -2.53. The second-order valence-electron chi connectivity index (χ2n) is 12.6. The van der Waals surface area contributed by atoms with Crippen molar-refractivity contribution >= 4 is 34.1 Å². The van der Waals surface area contributed by atoms with Crippen LogP contribution in [0.3, 0.4) is 0 Å². The number of H-pyrrole nitrogens is 1. The first kappa shape index (κ1) is 24.6. The highest BCUT2D eigenvalue weighted by atomic mass is 35.5. The number of nitrogens with zero attached hydrogens (tertiary/aromatic N) is 7. The summed E-state index contributed by atoms with van der Waals surface area (Å²) in [5.41, 5.74) is 7.77. The van der Waals surface area contributed by atoms with Gasteiger partial charge in [-0.1, -0.05) is 24.6 Å². The van der Waals surface area contributed by atoms with Crippen molar-refractivity contribution in [1.82, 2.24) is 29.9 Å². The van der Waals surface area contributed by atoms with Gasteiger partial charge in [-0.15, -0.1) is 0 Å². The lowest BCUT2D eigenvalue weighted by atomic mass is 9.75. The van der Waals surface area contributed by atoms with Crippen molar-refractivity contribution in [2.24, 2.45) is 12.5 Å². The Morgan fingerprint density at radius 2 is 1.95 bits per heavy atom. The molecule has 3 aliphatic heterocycles. The van der Waals surface area contributed by atoms with Crippen LogP contribution in [0, 0.1) is 19.3 Å². The van der Waals surface area contributed by atoms with Gasteiger partial charge in [0.25, 0.3) is 0 Å². The van der Waals surface area contributed by atoms with Crippen LogP contribution in [-0.4, -0.2) is 62.3 Å². The van der Waals surface area contributed by atoms with Gasteiger partial charge in [-0.3, -0.25) is 9.78 Å². The normalized spacial score (nSPS) is 24.3. The van der Waals surface area contributed by atoms with E-state index in [1.165, 1.54) is 18.4 Å². The fraction of sp³-hybridized carbons (Fsp3) is 0.533. The minimum atomic E-state index is 0.159. The van der Waals surface area contributed by atoms with Gasteiger partial charge in [0, 0.05) is 73.2 Å². The third-order valence-electron chi connectivity index (χ3n) is 9.53. The van der Waals surface area contributed by atoms with Gasteiger partial charge < -0.3 is 14.5 Å². The van der Waals surface area contributed by atoms with Crippen molar-refractivity contribution in [3.05, 3.63) is 45.4 Å². The summed E-state index contributed by atoms with van der Waals surface area (Å²) in [6, 6.07) is 4.20. The molecule has 2 atom stereocenters. The summed E-state index contributed by atoms with van der Waals surface area (Å²) < 4.78 is 7.89. The molecule has 1 saturated carbocycles. The molecule has 1 aromatic carbocycles. The number of aromatic nitrogens is 6. The molecule has 10 heteroatoms. The van der Waals surface area contributed by atoms with E-state index in [1.807, 2.05) is 11.7 Å². The van der Waals surface area contributed by atoms with E-state index in [0.717, 1.165) is 107 Å². The minimum absolute atomic E-state index is 0.159. The lowest BCUT2D eigenvalue weighted by molar-refractivity contribution is -0.183. The molecule has 0 bridgehead atoms. The molecule has 0 spiro atoms. The molecule has 0 radical (unpaired) electrons. The Labute approximate surface area is 238 Å². The fourth-order valence-corrected chi connectivity index (χ4v) is 7.55. The molecule has 0 unspecified atom stereocenters. The number of hydrogen-bond acceptors (Lipinski definition) is 7. The summed E-state index contributed by atoms with van der Waals surface area (Å²) in [4.78, 5) is 15.5. The molecule has 2 saturated heterocycles. The average molecular weight is 559 g/mol. The second kappa shape index (κ2) is 8.66. The Kier molecular flexibility index (Phi) is 5.33. The Hall–Kier alpha value is -3.17. The third-order valence-corrected chi connectivity index (χ3v) is 9.89. The highest BCUT2D eigenvalue weighted by molar-refractivity contribution is 6.33. The first-order valence-electron chi connectivity index (χ1n) is 14.5. The lowest BCUT2D eigenvalue weighted by Crippen LogP contribution is -2.61.